The van der Waals surface area contributed by atoms with Crippen molar-refractivity contribution < 1.29 is 18.7 Å². The number of hydrogen-bond acceptors (Lipinski definition) is 5. The molecule has 0 spiro atoms. The van der Waals surface area contributed by atoms with Gasteiger partial charge in [0.2, 0.25) is 5.88 Å². The summed E-state index contributed by atoms with van der Waals surface area (Å²) >= 11 is 1.01. The number of hydrogen-bond donors (Lipinski definition) is 0. The summed E-state index contributed by atoms with van der Waals surface area (Å²) in [6, 6.07) is 6.26. The monoisotopic (exact) mass is 338 g/mol. The van der Waals surface area contributed by atoms with Crippen LogP contribution in [0.1, 0.15) is 29.8 Å². The van der Waals surface area contributed by atoms with E-state index in [9.17, 15) is 9.18 Å². The van der Waals surface area contributed by atoms with Crippen LogP contribution in [0.2, 0.25) is 0 Å². The predicted octanol–water partition coefficient (Wildman–Crippen LogP) is 3.58. The first-order valence-electron chi connectivity index (χ1n) is 7.15. The zero-order valence-electron chi connectivity index (χ0n) is 13.3. The van der Waals surface area contributed by atoms with Gasteiger partial charge in [-0.15, -0.1) is 5.10 Å². The first kappa shape index (κ1) is 17.3. The Balaban J connectivity index is 2.26. The normalized spacial score (nSPS) is 10.8. The molecule has 0 radical (unpaired) electrons. The molecule has 0 aliphatic rings. The lowest BCUT2D eigenvalue weighted by molar-refractivity contribution is 0.0374. The summed E-state index contributed by atoms with van der Waals surface area (Å²) in [5.74, 6) is -0.00309. The molecule has 0 N–H and O–H groups in total. The van der Waals surface area contributed by atoms with E-state index in [4.69, 9.17) is 9.47 Å². The van der Waals surface area contributed by atoms with Crippen LogP contribution in [-0.4, -0.2) is 27.9 Å². The Morgan fingerprint density at radius 3 is 2.78 bits per heavy atom. The Morgan fingerprint density at radius 1 is 1.39 bits per heavy atom. The molecule has 7 heteroatoms. The quantitative estimate of drug-likeness (QED) is 0.570. The van der Waals surface area contributed by atoms with Crippen LogP contribution in [0.15, 0.2) is 35.4 Å². The van der Waals surface area contributed by atoms with Gasteiger partial charge in [0.15, 0.2) is 0 Å². The number of rotatable bonds is 7. The Kier molecular flexibility index (Phi) is 6.04. The molecule has 1 heterocycles. The van der Waals surface area contributed by atoms with E-state index in [1.54, 1.807) is 56.0 Å². The summed E-state index contributed by atoms with van der Waals surface area (Å²) in [6.45, 7) is 3.67. The highest BCUT2D eigenvalue weighted by Crippen LogP contribution is 2.27. The zero-order chi connectivity index (χ0) is 16.8. The molecule has 0 atom stereocenters. The molecule has 0 aliphatic heterocycles. The van der Waals surface area contributed by atoms with E-state index in [2.05, 4.69) is 5.10 Å². The number of carbonyl (C=O) groups excluding carboxylic acids is 1. The van der Waals surface area contributed by atoms with Gasteiger partial charge in [0.25, 0.3) is 0 Å². The number of halogens is 1. The average Bonchev–Trinajstić information content (AvgIpc) is 2.91. The standard InChI is InChI=1S/C16H19FN2O3S/c1-11(2)22-16(20)12-5-4-6-14(23-10-17)13(12)9-21-15-7-8-19(3)18-15/h4-8,11H,9-10H2,1-3H3. The van der Waals surface area contributed by atoms with Crippen molar-refractivity contribution in [2.45, 2.75) is 31.5 Å². The minimum Gasteiger partial charge on any atom is -0.472 e. The maximum atomic E-state index is 12.8. The van der Waals surface area contributed by atoms with Crippen molar-refractivity contribution >= 4 is 17.7 Å². The molecular formula is C16H19FN2O3S. The molecule has 0 saturated carbocycles. The predicted molar refractivity (Wildman–Crippen MR) is 86.4 cm³/mol. The van der Waals surface area contributed by atoms with Crippen LogP contribution < -0.4 is 4.74 Å². The maximum absolute atomic E-state index is 12.8. The van der Waals surface area contributed by atoms with Gasteiger partial charge in [-0.25, -0.2) is 9.18 Å². The molecule has 124 valence electrons. The summed E-state index contributed by atoms with van der Waals surface area (Å²) in [6.07, 6.45) is 1.52. The van der Waals surface area contributed by atoms with Gasteiger partial charge in [0.05, 0.1) is 11.7 Å². The summed E-state index contributed by atoms with van der Waals surface area (Å²) in [5.41, 5.74) is 0.986. The average molecular weight is 338 g/mol. The highest BCUT2D eigenvalue weighted by molar-refractivity contribution is 7.99. The molecule has 2 aromatic rings. The van der Waals surface area contributed by atoms with Crippen LogP contribution in [-0.2, 0) is 18.4 Å². The number of nitrogens with zero attached hydrogens (tertiary/aromatic N) is 2. The fourth-order valence-electron chi connectivity index (χ4n) is 1.99. The summed E-state index contributed by atoms with van der Waals surface area (Å²) in [5, 5.41) is 4.12. The molecular weight excluding hydrogens is 319 g/mol. The lowest BCUT2D eigenvalue weighted by atomic mass is 10.1. The molecule has 1 aromatic heterocycles. The van der Waals surface area contributed by atoms with E-state index < -0.39 is 12.0 Å². The van der Waals surface area contributed by atoms with E-state index in [0.717, 1.165) is 11.8 Å². The number of aromatic nitrogens is 2. The van der Waals surface area contributed by atoms with Gasteiger partial charge in [-0.05, 0) is 26.0 Å². The number of ether oxygens (including phenoxy) is 2. The van der Waals surface area contributed by atoms with Gasteiger partial charge in [0.1, 0.15) is 12.6 Å². The third-order valence-corrected chi connectivity index (χ3v) is 3.76. The van der Waals surface area contributed by atoms with Crippen LogP contribution in [0.25, 0.3) is 0 Å². The fraction of sp³-hybridized carbons (Fsp3) is 0.375. The molecule has 0 aliphatic carbocycles. The number of benzene rings is 1. The third kappa shape index (κ3) is 4.72. The van der Waals surface area contributed by atoms with Crippen molar-refractivity contribution in [2.75, 3.05) is 6.01 Å². The highest BCUT2D eigenvalue weighted by atomic mass is 32.2. The third-order valence-electron chi connectivity index (χ3n) is 2.96. The molecule has 0 fully saturated rings. The van der Waals surface area contributed by atoms with E-state index >= 15 is 0 Å². The van der Waals surface area contributed by atoms with Gasteiger partial charge in [-0.3, -0.25) is 4.68 Å². The van der Waals surface area contributed by atoms with Gasteiger partial charge in [-0.2, -0.15) is 0 Å². The molecule has 0 unspecified atom stereocenters. The summed E-state index contributed by atoms with van der Waals surface area (Å²) in [4.78, 5) is 12.9. The van der Waals surface area contributed by atoms with Crippen LogP contribution >= 0.6 is 11.8 Å². The smallest absolute Gasteiger partial charge is 0.338 e. The molecule has 0 amide bonds. The number of carbonyl (C=O) groups is 1. The number of alkyl halides is 1. The van der Waals surface area contributed by atoms with Crippen molar-refractivity contribution in [3.63, 3.8) is 0 Å². The maximum Gasteiger partial charge on any atom is 0.338 e. The topological polar surface area (TPSA) is 53.4 Å². The minimum atomic E-state index is -0.584. The number of esters is 1. The Bertz CT molecular complexity index is 673. The SMILES string of the molecule is CC(C)OC(=O)c1cccc(SCF)c1COc1ccn(C)n1. The van der Waals surface area contributed by atoms with Crippen molar-refractivity contribution in [3.8, 4) is 5.88 Å². The fourth-order valence-corrected chi connectivity index (χ4v) is 2.63. The largest absolute Gasteiger partial charge is 0.472 e. The number of thioether (sulfide) groups is 1. The molecule has 5 nitrogen and oxygen atoms in total. The first-order valence-corrected chi connectivity index (χ1v) is 8.14. The van der Waals surface area contributed by atoms with Crippen LogP contribution in [0, 0.1) is 0 Å². The Morgan fingerprint density at radius 2 is 2.17 bits per heavy atom. The van der Waals surface area contributed by atoms with Crippen molar-refractivity contribution in [3.05, 3.63) is 41.6 Å². The lowest BCUT2D eigenvalue weighted by Gasteiger charge is -2.14. The van der Waals surface area contributed by atoms with Gasteiger partial charge >= 0.3 is 5.97 Å². The summed E-state index contributed by atoms with van der Waals surface area (Å²) < 4.78 is 25.2. The van der Waals surface area contributed by atoms with E-state index in [0.29, 0.717) is 21.9 Å². The van der Waals surface area contributed by atoms with Crippen LogP contribution in [0.5, 0.6) is 5.88 Å². The molecule has 0 bridgehead atoms. The first-order chi connectivity index (χ1) is 11.0. The highest BCUT2D eigenvalue weighted by Gasteiger charge is 2.18. The van der Waals surface area contributed by atoms with E-state index in [1.807, 2.05) is 0 Å². The zero-order valence-corrected chi connectivity index (χ0v) is 14.1. The molecule has 0 saturated heterocycles. The van der Waals surface area contributed by atoms with E-state index in [-0.39, 0.29) is 12.7 Å². The van der Waals surface area contributed by atoms with Crippen molar-refractivity contribution in [2.24, 2.45) is 7.05 Å². The van der Waals surface area contributed by atoms with Gasteiger partial charge in [-0.1, -0.05) is 17.8 Å². The van der Waals surface area contributed by atoms with Gasteiger partial charge < -0.3 is 9.47 Å². The Hall–Kier alpha value is -2.02. The summed E-state index contributed by atoms with van der Waals surface area (Å²) in [7, 11) is 1.78. The lowest BCUT2D eigenvalue weighted by Crippen LogP contribution is -2.15. The van der Waals surface area contributed by atoms with Crippen molar-refractivity contribution in [1.82, 2.24) is 9.78 Å². The number of aryl methyl sites for hydroxylation is 1. The Labute approximate surface area is 138 Å². The van der Waals surface area contributed by atoms with Gasteiger partial charge in [0, 0.05) is 29.8 Å². The van der Waals surface area contributed by atoms with Crippen molar-refractivity contribution in [1.29, 1.82) is 0 Å². The second-order valence-corrected chi connectivity index (χ2v) is 6.05. The van der Waals surface area contributed by atoms with E-state index in [1.165, 1.54) is 0 Å². The van der Waals surface area contributed by atoms with Crippen LogP contribution in [0.4, 0.5) is 4.39 Å². The second-order valence-electron chi connectivity index (χ2n) is 5.11. The second kappa shape index (κ2) is 8.01. The minimum absolute atomic E-state index is 0.114. The van der Waals surface area contributed by atoms with Crippen LogP contribution in [0.3, 0.4) is 0 Å². The molecule has 23 heavy (non-hydrogen) atoms. The molecule has 2 rings (SSSR count). The molecule has 1 aromatic carbocycles.